The third kappa shape index (κ3) is 3.26. The predicted octanol–water partition coefficient (Wildman–Crippen LogP) is 3.29. The van der Waals surface area contributed by atoms with E-state index in [1.807, 2.05) is 36.4 Å². The molecular weight excluding hydrogens is 342 g/mol. The van der Waals surface area contributed by atoms with Gasteiger partial charge in [0.15, 0.2) is 0 Å². The van der Waals surface area contributed by atoms with Crippen LogP contribution >= 0.6 is 0 Å². The fourth-order valence-electron chi connectivity index (χ4n) is 3.81. The first-order valence-electron chi connectivity index (χ1n) is 9.17. The second kappa shape index (κ2) is 7.37. The Morgan fingerprint density at radius 1 is 1.04 bits per heavy atom. The van der Waals surface area contributed by atoms with Gasteiger partial charge in [-0.25, -0.2) is 0 Å². The molecule has 0 radical (unpaired) electrons. The molecule has 5 nitrogen and oxygen atoms in total. The minimum atomic E-state index is -0.650. The van der Waals surface area contributed by atoms with Gasteiger partial charge in [-0.2, -0.15) is 0 Å². The van der Waals surface area contributed by atoms with E-state index >= 15 is 0 Å². The Labute approximate surface area is 157 Å². The summed E-state index contributed by atoms with van der Waals surface area (Å²) < 4.78 is 5.68. The number of hydrogen-bond donors (Lipinski definition) is 1. The molecule has 0 spiro atoms. The number of ketones is 1. The molecule has 2 aromatic rings. The zero-order valence-corrected chi connectivity index (χ0v) is 14.9. The molecule has 0 saturated carbocycles. The Bertz CT molecular complexity index is 870. The number of carbonyl (C=O) groups excluding carboxylic acids is 2. The average molecular weight is 363 g/mol. The SMILES string of the molecule is O=C1C(=O)N(C[C@@H]2CCCO2)[C@H](c2ccccc2)/C1=C(\O)c1ccccc1. The molecule has 2 aliphatic heterocycles. The van der Waals surface area contributed by atoms with Crippen molar-refractivity contribution in [2.45, 2.75) is 25.0 Å². The van der Waals surface area contributed by atoms with Gasteiger partial charge >= 0.3 is 0 Å². The van der Waals surface area contributed by atoms with Crippen molar-refractivity contribution in [2.24, 2.45) is 0 Å². The fourth-order valence-corrected chi connectivity index (χ4v) is 3.81. The van der Waals surface area contributed by atoms with E-state index < -0.39 is 17.7 Å². The first-order valence-corrected chi connectivity index (χ1v) is 9.17. The van der Waals surface area contributed by atoms with Crippen LogP contribution in [-0.2, 0) is 14.3 Å². The van der Waals surface area contributed by atoms with Crippen LogP contribution in [0.4, 0.5) is 0 Å². The van der Waals surface area contributed by atoms with Gasteiger partial charge in [-0.15, -0.1) is 0 Å². The van der Waals surface area contributed by atoms with Crippen LogP contribution in [0.2, 0.25) is 0 Å². The van der Waals surface area contributed by atoms with E-state index in [0.29, 0.717) is 18.7 Å². The van der Waals surface area contributed by atoms with E-state index in [0.717, 1.165) is 18.4 Å². The van der Waals surface area contributed by atoms with Gasteiger partial charge in [-0.3, -0.25) is 9.59 Å². The van der Waals surface area contributed by atoms with E-state index in [1.54, 1.807) is 29.2 Å². The second-order valence-electron chi connectivity index (χ2n) is 6.86. The van der Waals surface area contributed by atoms with E-state index in [1.165, 1.54) is 0 Å². The molecule has 2 atom stereocenters. The molecule has 0 unspecified atom stereocenters. The third-order valence-electron chi connectivity index (χ3n) is 5.13. The summed E-state index contributed by atoms with van der Waals surface area (Å²) in [7, 11) is 0. The number of aliphatic hydroxyl groups excluding tert-OH is 1. The highest BCUT2D eigenvalue weighted by Crippen LogP contribution is 2.39. The molecule has 138 valence electrons. The van der Waals surface area contributed by atoms with Crippen molar-refractivity contribution in [3.05, 3.63) is 77.4 Å². The van der Waals surface area contributed by atoms with Crippen molar-refractivity contribution >= 4 is 17.4 Å². The summed E-state index contributed by atoms with van der Waals surface area (Å²) in [6.45, 7) is 1.02. The van der Waals surface area contributed by atoms with Gasteiger partial charge in [0.1, 0.15) is 5.76 Å². The first-order chi connectivity index (χ1) is 13.2. The highest BCUT2D eigenvalue weighted by atomic mass is 16.5. The Hall–Kier alpha value is -2.92. The van der Waals surface area contributed by atoms with Crippen LogP contribution in [0.1, 0.15) is 30.0 Å². The number of ether oxygens (including phenoxy) is 1. The van der Waals surface area contributed by atoms with Gasteiger partial charge in [-0.05, 0) is 18.4 Å². The zero-order chi connectivity index (χ0) is 18.8. The molecule has 4 rings (SSSR count). The van der Waals surface area contributed by atoms with Gasteiger partial charge in [0, 0.05) is 18.7 Å². The highest BCUT2D eigenvalue weighted by Gasteiger charge is 2.46. The van der Waals surface area contributed by atoms with Crippen LogP contribution in [0.5, 0.6) is 0 Å². The molecule has 0 bridgehead atoms. The first kappa shape index (κ1) is 17.5. The fraction of sp³-hybridized carbons (Fsp3) is 0.273. The minimum absolute atomic E-state index is 0.0776. The predicted molar refractivity (Wildman–Crippen MR) is 101 cm³/mol. The third-order valence-corrected chi connectivity index (χ3v) is 5.13. The average Bonchev–Trinajstić information content (AvgIpc) is 3.31. The summed E-state index contributed by atoms with van der Waals surface area (Å²) in [5, 5.41) is 10.9. The number of hydrogen-bond acceptors (Lipinski definition) is 4. The molecule has 2 aromatic carbocycles. The number of amides is 1. The molecule has 5 heteroatoms. The Kier molecular flexibility index (Phi) is 4.77. The molecule has 2 aliphatic rings. The lowest BCUT2D eigenvalue weighted by Gasteiger charge is -2.27. The van der Waals surface area contributed by atoms with Crippen molar-refractivity contribution in [3.63, 3.8) is 0 Å². The van der Waals surface area contributed by atoms with Gasteiger partial charge in [0.2, 0.25) is 0 Å². The van der Waals surface area contributed by atoms with E-state index in [2.05, 4.69) is 0 Å². The van der Waals surface area contributed by atoms with Gasteiger partial charge < -0.3 is 14.7 Å². The van der Waals surface area contributed by atoms with Crippen LogP contribution in [-0.4, -0.2) is 41.0 Å². The number of aliphatic hydroxyl groups is 1. The lowest BCUT2D eigenvalue weighted by molar-refractivity contribution is -0.140. The number of Topliss-reactive ketones (excluding diaryl/α,β-unsaturated/α-hetero) is 1. The summed E-state index contributed by atoms with van der Waals surface area (Å²) in [5.41, 5.74) is 1.45. The standard InChI is InChI=1S/C22H21NO4/c24-20(16-10-5-2-6-11-16)18-19(15-8-3-1-4-9-15)23(22(26)21(18)25)14-17-12-7-13-27-17/h1-6,8-11,17,19,24H,7,12-14H2/b20-18+/t17-,19+/m0/s1. The van der Waals surface area contributed by atoms with Gasteiger partial charge in [-0.1, -0.05) is 60.7 Å². The number of benzene rings is 2. The topological polar surface area (TPSA) is 66.8 Å². The molecule has 1 amide bonds. The van der Waals surface area contributed by atoms with Crippen LogP contribution in [0.25, 0.3) is 5.76 Å². The Morgan fingerprint density at radius 2 is 1.70 bits per heavy atom. The van der Waals surface area contributed by atoms with E-state index in [4.69, 9.17) is 4.74 Å². The van der Waals surface area contributed by atoms with Crippen LogP contribution in [0.3, 0.4) is 0 Å². The molecule has 0 aromatic heterocycles. The van der Waals surface area contributed by atoms with Crippen LogP contribution in [0.15, 0.2) is 66.2 Å². The molecular formula is C22H21NO4. The molecule has 1 N–H and O–H groups in total. The number of likely N-dealkylation sites (tertiary alicyclic amines) is 1. The van der Waals surface area contributed by atoms with Crippen LogP contribution in [0, 0.1) is 0 Å². The summed E-state index contributed by atoms with van der Waals surface area (Å²) in [6, 6.07) is 17.6. The zero-order valence-electron chi connectivity index (χ0n) is 14.9. The molecule has 2 fully saturated rings. The maximum Gasteiger partial charge on any atom is 0.295 e. The normalized spacial score (nSPS) is 24.5. The highest BCUT2D eigenvalue weighted by molar-refractivity contribution is 6.46. The van der Waals surface area contributed by atoms with E-state index in [-0.39, 0.29) is 17.4 Å². The summed E-state index contributed by atoms with van der Waals surface area (Å²) in [5.74, 6) is -1.38. The quantitative estimate of drug-likeness (QED) is 0.514. The van der Waals surface area contributed by atoms with Crippen molar-refractivity contribution < 1.29 is 19.4 Å². The monoisotopic (exact) mass is 363 g/mol. The maximum absolute atomic E-state index is 12.8. The summed E-state index contributed by atoms with van der Waals surface area (Å²) in [6.07, 6.45) is 1.74. The Balaban J connectivity index is 1.81. The minimum Gasteiger partial charge on any atom is -0.507 e. The number of nitrogens with zero attached hydrogens (tertiary/aromatic N) is 1. The summed E-state index contributed by atoms with van der Waals surface area (Å²) in [4.78, 5) is 27.2. The van der Waals surface area contributed by atoms with Crippen molar-refractivity contribution in [3.8, 4) is 0 Å². The molecule has 0 aliphatic carbocycles. The number of carbonyl (C=O) groups is 2. The lowest BCUT2D eigenvalue weighted by Crippen LogP contribution is -2.36. The smallest absolute Gasteiger partial charge is 0.295 e. The Morgan fingerprint density at radius 3 is 2.33 bits per heavy atom. The number of rotatable bonds is 4. The second-order valence-corrected chi connectivity index (χ2v) is 6.86. The van der Waals surface area contributed by atoms with Crippen molar-refractivity contribution in [1.29, 1.82) is 0 Å². The van der Waals surface area contributed by atoms with Crippen LogP contribution < -0.4 is 0 Å². The van der Waals surface area contributed by atoms with Gasteiger partial charge in [0.25, 0.3) is 11.7 Å². The van der Waals surface area contributed by atoms with E-state index in [9.17, 15) is 14.7 Å². The largest absolute Gasteiger partial charge is 0.507 e. The van der Waals surface area contributed by atoms with Crippen molar-refractivity contribution in [2.75, 3.05) is 13.2 Å². The van der Waals surface area contributed by atoms with Crippen molar-refractivity contribution in [1.82, 2.24) is 4.90 Å². The maximum atomic E-state index is 12.8. The van der Waals surface area contributed by atoms with Gasteiger partial charge in [0.05, 0.1) is 17.7 Å². The summed E-state index contributed by atoms with van der Waals surface area (Å²) >= 11 is 0. The lowest BCUT2D eigenvalue weighted by atomic mass is 9.95. The molecule has 27 heavy (non-hydrogen) atoms. The molecule has 2 saturated heterocycles. The molecule has 2 heterocycles.